The Morgan fingerprint density at radius 1 is 1.21 bits per heavy atom. The Kier molecular flexibility index (Phi) is 2.91. The highest BCUT2D eigenvalue weighted by atomic mass is 79.9. The molecule has 4 nitrogen and oxygen atoms in total. The molecule has 0 N–H and O–H groups in total. The number of benzene rings is 2. The molecule has 0 saturated heterocycles. The van der Waals surface area contributed by atoms with Gasteiger partial charge in [0.05, 0.1) is 11.2 Å². The SMILES string of the molecule is CC(=O)c1ccc(-n2nnc3ccccc32)cc1Br. The van der Waals surface area contributed by atoms with Crippen LogP contribution in [0.2, 0.25) is 0 Å². The molecule has 0 radical (unpaired) electrons. The first-order valence-electron chi connectivity index (χ1n) is 5.78. The van der Waals surface area contributed by atoms with Gasteiger partial charge in [0.2, 0.25) is 0 Å². The first-order chi connectivity index (χ1) is 9.16. The lowest BCUT2D eigenvalue weighted by Crippen LogP contribution is -1.99. The predicted octanol–water partition coefficient (Wildman–Crippen LogP) is 3.39. The predicted molar refractivity (Wildman–Crippen MR) is 76.6 cm³/mol. The summed E-state index contributed by atoms with van der Waals surface area (Å²) in [6.45, 7) is 1.55. The van der Waals surface area contributed by atoms with Crippen LogP contribution in [0.25, 0.3) is 16.7 Å². The van der Waals surface area contributed by atoms with Crippen LogP contribution in [0, 0.1) is 0 Å². The smallest absolute Gasteiger partial charge is 0.160 e. The number of nitrogens with zero attached hydrogens (tertiary/aromatic N) is 3. The molecule has 3 aromatic rings. The van der Waals surface area contributed by atoms with Crippen LogP contribution in [0.4, 0.5) is 0 Å². The number of Topliss-reactive ketones (excluding diaryl/α,β-unsaturated/α-hetero) is 1. The maximum absolute atomic E-state index is 11.4. The minimum absolute atomic E-state index is 0.0295. The van der Waals surface area contributed by atoms with E-state index >= 15 is 0 Å². The van der Waals surface area contributed by atoms with Crippen LogP contribution in [-0.2, 0) is 0 Å². The third-order valence-electron chi connectivity index (χ3n) is 2.93. The molecule has 0 aliphatic heterocycles. The fourth-order valence-electron chi connectivity index (χ4n) is 1.98. The van der Waals surface area contributed by atoms with Crippen molar-refractivity contribution in [2.24, 2.45) is 0 Å². The Balaban J connectivity index is 2.17. The molecule has 1 heterocycles. The van der Waals surface area contributed by atoms with Crippen LogP contribution in [0.15, 0.2) is 46.9 Å². The Hall–Kier alpha value is -2.01. The molecule has 0 aliphatic carbocycles. The summed E-state index contributed by atoms with van der Waals surface area (Å²) in [4.78, 5) is 11.4. The van der Waals surface area contributed by atoms with Gasteiger partial charge >= 0.3 is 0 Å². The minimum Gasteiger partial charge on any atom is -0.294 e. The van der Waals surface area contributed by atoms with Crippen molar-refractivity contribution in [2.45, 2.75) is 6.92 Å². The zero-order valence-corrected chi connectivity index (χ0v) is 11.8. The summed E-state index contributed by atoms with van der Waals surface area (Å²) in [5.41, 5.74) is 3.30. The number of carbonyl (C=O) groups excluding carboxylic acids is 1. The number of rotatable bonds is 2. The number of ketones is 1. The molecule has 3 rings (SSSR count). The topological polar surface area (TPSA) is 47.8 Å². The average molecular weight is 316 g/mol. The number of para-hydroxylation sites is 1. The van der Waals surface area contributed by atoms with E-state index in [9.17, 15) is 4.79 Å². The third kappa shape index (κ3) is 2.06. The van der Waals surface area contributed by atoms with Gasteiger partial charge in [-0.05, 0) is 53.2 Å². The van der Waals surface area contributed by atoms with Crippen LogP contribution in [0.1, 0.15) is 17.3 Å². The summed E-state index contributed by atoms with van der Waals surface area (Å²) in [5, 5.41) is 8.26. The summed E-state index contributed by atoms with van der Waals surface area (Å²) in [6.07, 6.45) is 0. The number of fused-ring (bicyclic) bond motifs is 1. The lowest BCUT2D eigenvalue weighted by molar-refractivity contribution is 0.101. The van der Waals surface area contributed by atoms with E-state index in [0.29, 0.717) is 5.56 Å². The number of hydrogen-bond acceptors (Lipinski definition) is 3. The first kappa shape index (κ1) is 12.0. The van der Waals surface area contributed by atoms with E-state index in [0.717, 1.165) is 21.2 Å². The number of halogens is 1. The molecule has 1 aromatic heterocycles. The monoisotopic (exact) mass is 315 g/mol. The van der Waals surface area contributed by atoms with Gasteiger partial charge in [0.1, 0.15) is 5.52 Å². The van der Waals surface area contributed by atoms with Crippen molar-refractivity contribution >= 4 is 32.7 Å². The van der Waals surface area contributed by atoms with E-state index in [1.165, 1.54) is 0 Å². The molecular formula is C14H10BrN3O. The van der Waals surface area contributed by atoms with Gasteiger partial charge in [-0.1, -0.05) is 17.3 Å². The van der Waals surface area contributed by atoms with Crippen molar-refractivity contribution in [3.8, 4) is 5.69 Å². The summed E-state index contributed by atoms with van der Waals surface area (Å²) in [6, 6.07) is 13.3. The van der Waals surface area contributed by atoms with Gasteiger partial charge in [-0.2, -0.15) is 0 Å². The molecule has 0 bridgehead atoms. The van der Waals surface area contributed by atoms with Crippen LogP contribution in [0.3, 0.4) is 0 Å². The molecular weight excluding hydrogens is 306 g/mol. The molecule has 5 heteroatoms. The van der Waals surface area contributed by atoms with Gasteiger partial charge in [0.25, 0.3) is 0 Å². The maximum Gasteiger partial charge on any atom is 0.160 e. The quantitative estimate of drug-likeness (QED) is 0.681. The highest BCUT2D eigenvalue weighted by molar-refractivity contribution is 9.10. The third-order valence-corrected chi connectivity index (χ3v) is 3.58. The van der Waals surface area contributed by atoms with Gasteiger partial charge < -0.3 is 0 Å². The average Bonchev–Trinajstić information content (AvgIpc) is 2.82. The molecule has 0 spiro atoms. The second kappa shape index (κ2) is 4.59. The fourth-order valence-corrected chi connectivity index (χ4v) is 2.63. The maximum atomic E-state index is 11.4. The Morgan fingerprint density at radius 3 is 2.74 bits per heavy atom. The van der Waals surface area contributed by atoms with Gasteiger partial charge in [-0.25, -0.2) is 4.68 Å². The second-order valence-corrected chi connectivity index (χ2v) is 5.06. The van der Waals surface area contributed by atoms with Crippen LogP contribution in [0.5, 0.6) is 0 Å². The number of carbonyl (C=O) groups is 1. The Morgan fingerprint density at radius 2 is 2.00 bits per heavy atom. The van der Waals surface area contributed by atoms with E-state index in [-0.39, 0.29) is 5.78 Å². The molecule has 2 aromatic carbocycles. The van der Waals surface area contributed by atoms with Gasteiger partial charge in [0.15, 0.2) is 5.78 Å². The molecule has 0 unspecified atom stereocenters. The van der Waals surface area contributed by atoms with Crippen LogP contribution < -0.4 is 0 Å². The lowest BCUT2D eigenvalue weighted by atomic mass is 10.1. The first-order valence-corrected chi connectivity index (χ1v) is 6.57. The molecule has 0 saturated carbocycles. The highest BCUT2D eigenvalue weighted by Crippen LogP contribution is 2.23. The second-order valence-electron chi connectivity index (χ2n) is 4.21. The van der Waals surface area contributed by atoms with Crippen molar-refractivity contribution in [1.82, 2.24) is 15.0 Å². The number of aromatic nitrogens is 3. The zero-order valence-electron chi connectivity index (χ0n) is 10.2. The fraction of sp³-hybridized carbons (Fsp3) is 0.0714. The summed E-state index contributed by atoms with van der Waals surface area (Å²) in [5.74, 6) is 0.0295. The lowest BCUT2D eigenvalue weighted by Gasteiger charge is -2.05. The van der Waals surface area contributed by atoms with Crippen LogP contribution in [-0.4, -0.2) is 20.8 Å². The van der Waals surface area contributed by atoms with E-state index in [1.807, 2.05) is 36.4 Å². The molecule has 0 amide bonds. The van der Waals surface area contributed by atoms with Crippen molar-refractivity contribution in [3.63, 3.8) is 0 Å². The van der Waals surface area contributed by atoms with Crippen molar-refractivity contribution in [1.29, 1.82) is 0 Å². The van der Waals surface area contributed by atoms with Crippen LogP contribution >= 0.6 is 15.9 Å². The molecule has 0 fully saturated rings. The summed E-state index contributed by atoms with van der Waals surface area (Å²) in [7, 11) is 0. The normalized spacial score (nSPS) is 10.8. The van der Waals surface area contributed by atoms with Crippen molar-refractivity contribution in [2.75, 3.05) is 0 Å². The van der Waals surface area contributed by atoms with E-state index in [4.69, 9.17) is 0 Å². The largest absolute Gasteiger partial charge is 0.294 e. The molecule has 0 atom stereocenters. The summed E-state index contributed by atoms with van der Waals surface area (Å²) < 4.78 is 2.52. The van der Waals surface area contributed by atoms with E-state index in [2.05, 4.69) is 26.2 Å². The standard InChI is InChI=1S/C14H10BrN3O/c1-9(19)11-7-6-10(8-12(11)15)18-14-5-3-2-4-13(14)16-17-18/h2-8H,1H3. The summed E-state index contributed by atoms with van der Waals surface area (Å²) >= 11 is 3.41. The minimum atomic E-state index is 0.0295. The van der Waals surface area contributed by atoms with E-state index in [1.54, 1.807) is 17.7 Å². The molecule has 94 valence electrons. The zero-order chi connectivity index (χ0) is 13.4. The van der Waals surface area contributed by atoms with Gasteiger partial charge in [-0.3, -0.25) is 4.79 Å². The van der Waals surface area contributed by atoms with Crippen molar-refractivity contribution < 1.29 is 4.79 Å². The molecule has 0 aliphatic rings. The Bertz CT molecular complexity index is 779. The van der Waals surface area contributed by atoms with E-state index < -0.39 is 0 Å². The molecule has 19 heavy (non-hydrogen) atoms. The van der Waals surface area contributed by atoms with Gasteiger partial charge in [-0.15, -0.1) is 5.10 Å². The highest BCUT2D eigenvalue weighted by Gasteiger charge is 2.09. The number of hydrogen-bond donors (Lipinski definition) is 0. The van der Waals surface area contributed by atoms with Crippen molar-refractivity contribution in [3.05, 3.63) is 52.5 Å². The Labute approximate surface area is 118 Å². The van der Waals surface area contributed by atoms with Gasteiger partial charge in [0, 0.05) is 10.0 Å².